The number of nitrogens with one attached hydrogen (secondary N) is 1. The molecule has 0 aromatic heterocycles. The molecule has 5 heteroatoms. The Hall–Kier alpha value is -2.66. The van der Waals surface area contributed by atoms with Gasteiger partial charge in [0.25, 0.3) is 5.91 Å². The minimum Gasteiger partial charge on any atom is -0.493 e. The fraction of sp³-hybridized carbons (Fsp3) is 0.391. The number of amides is 1. The molecule has 0 spiro atoms. The minimum atomic E-state index is -0.701. The summed E-state index contributed by atoms with van der Waals surface area (Å²) in [4.78, 5) is 12.4. The van der Waals surface area contributed by atoms with Crippen LogP contribution in [0.3, 0.4) is 0 Å². The molecule has 1 atom stereocenters. The van der Waals surface area contributed by atoms with Gasteiger partial charge in [0, 0.05) is 12.7 Å². The molecular weight excluding hydrogens is 352 g/mol. The van der Waals surface area contributed by atoms with Gasteiger partial charge in [-0.2, -0.15) is 5.10 Å². The summed E-state index contributed by atoms with van der Waals surface area (Å²) in [6.07, 6.45) is 6.87. The number of unbranched alkanes of at least 4 members (excludes halogenated alkanes) is 4. The van der Waals surface area contributed by atoms with Gasteiger partial charge >= 0.3 is 0 Å². The van der Waals surface area contributed by atoms with Crippen LogP contribution in [0, 0.1) is 0 Å². The van der Waals surface area contributed by atoms with Crippen molar-refractivity contribution in [3.8, 4) is 5.75 Å². The second-order valence-electron chi connectivity index (χ2n) is 6.56. The van der Waals surface area contributed by atoms with Crippen molar-refractivity contribution in [1.29, 1.82) is 0 Å². The van der Waals surface area contributed by atoms with E-state index >= 15 is 0 Å². The molecule has 0 aliphatic rings. The number of hydrazone groups is 1. The largest absolute Gasteiger partial charge is 0.493 e. The van der Waals surface area contributed by atoms with Gasteiger partial charge in [-0.1, -0.05) is 75.1 Å². The lowest BCUT2D eigenvalue weighted by molar-refractivity contribution is -0.131. The Labute approximate surface area is 167 Å². The molecule has 0 aliphatic carbocycles. The van der Waals surface area contributed by atoms with Crippen LogP contribution in [-0.2, 0) is 9.53 Å². The van der Waals surface area contributed by atoms with Crippen molar-refractivity contribution in [3.05, 3.63) is 65.7 Å². The maximum Gasteiger partial charge on any atom is 0.273 e. The molecule has 1 unspecified atom stereocenters. The lowest BCUT2D eigenvalue weighted by Crippen LogP contribution is -2.26. The first-order chi connectivity index (χ1) is 13.8. The van der Waals surface area contributed by atoms with Gasteiger partial charge in [-0.05, 0) is 24.1 Å². The second kappa shape index (κ2) is 12.7. The van der Waals surface area contributed by atoms with Crippen molar-refractivity contribution in [3.63, 3.8) is 0 Å². The third-order valence-electron chi connectivity index (χ3n) is 4.38. The highest BCUT2D eigenvalue weighted by atomic mass is 16.5. The second-order valence-corrected chi connectivity index (χ2v) is 6.56. The van der Waals surface area contributed by atoms with Gasteiger partial charge in [0.1, 0.15) is 5.75 Å². The van der Waals surface area contributed by atoms with E-state index in [-0.39, 0.29) is 5.91 Å². The van der Waals surface area contributed by atoms with Gasteiger partial charge in [-0.15, -0.1) is 0 Å². The summed E-state index contributed by atoms with van der Waals surface area (Å²) >= 11 is 0. The van der Waals surface area contributed by atoms with Crippen LogP contribution < -0.4 is 10.2 Å². The molecule has 1 N–H and O–H groups in total. The number of hydrogen-bond donors (Lipinski definition) is 1. The Morgan fingerprint density at radius 3 is 2.50 bits per heavy atom. The SMILES string of the molecule is CCCCCCCOc1ccccc1C=NNC(=O)C(OC)c1ccccc1. The van der Waals surface area contributed by atoms with E-state index in [0.29, 0.717) is 6.61 Å². The molecule has 0 saturated heterocycles. The van der Waals surface area contributed by atoms with Crippen LogP contribution in [-0.4, -0.2) is 25.8 Å². The average molecular weight is 383 g/mol. The van der Waals surface area contributed by atoms with Crippen molar-refractivity contribution < 1.29 is 14.3 Å². The van der Waals surface area contributed by atoms with E-state index < -0.39 is 6.10 Å². The van der Waals surface area contributed by atoms with Gasteiger partial charge in [0.15, 0.2) is 6.10 Å². The zero-order valence-electron chi connectivity index (χ0n) is 16.8. The van der Waals surface area contributed by atoms with Crippen molar-refractivity contribution in [2.24, 2.45) is 5.10 Å². The zero-order chi connectivity index (χ0) is 20.0. The lowest BCUT2D eigenvalue weighted by atomic mass is 10.1. The van der Waals surface area contributed by atoms with Crippen LogP contribution in [0.1, 0.15) is 56.3 Å². The summed E-state index contributed by atoms with van der Waals surface area (Å²) in [5.41, 5.74) is 4.15. The highest BCUT2D eigenvalue weighted by Gasteiger charge is 2.19. The van der Waals surface area contributed by atoms with E-state index in [9.17, 15) is 4.79 Å². The predicted octanol–water partition coefficient (Wildman–Crippen LogP) is 4.87. The first-order valence-corrected chi connectivity index (χ1v) is 9.88. The Bertz CT molecular complexity index is 732. The molecule has 2 aromatic carbocycles. The number of nitrogens with zero attached hydrogens (tertiary/aromatic N) is 1. The van der Waals surface area contributed by atoms with Crippen LogP contribution in [0.15, 0.2) is 59.7 Å². The molecule has 0 heterocycles. The third-order valence-corrected chi connectivity index (χ3v) is 4.38. The van der Waals surface area contributed by atoms with E-state index in [1.165, 1.54) is 32.8 Å². The number of carbonyl (C=O) groups excluding carboxylic acids is 1. The Morgan fingerprint density at radius 2 is 1.75 bits per heavy atom. The standard InChI is InChI=1S/C23H30N2O3/c1-3-4-5-6-12-17-28-21-16-11-10-15-20(21)18-24-25-23(26)22(27-2)19-13-8-7-9-14-19/h7-11,13-16,18,22H,3-6,12,17H2,1-2H3,(H,25,26). The Balaban J connectivity index is 1.88. The summed E-state index contributed by atoms with van der Waals surface area (Å²) < 4.78 is 11.2. The summed E-state index contributed by atoms with van der Waals surface area (Å²) in [5, 5.41) is 4.08. The summed E-state index contributed by atoms with van der Waals surface area (Å²) in [5.74, 6) is 0.446. The molecule has 0 aliphatic heterocycles. The van der Waals surface area contributed by atoms with Crippen LogP contribution in [0.5, 0.6) is 5.75 Å². The van der Waals surface area contributed by atoms with E-state index in [0.717, 1.165) is 23.3 Å². The van der Waals surface area contributed by atoms with Crippen LogP contribution in [0.2, 0.25) is 0 Å². The molecule has 5 nitrogen and oxygen atoms in total. The number of carbonyl (C=O) groups is 1. The number of para-hydroxylation sites is 1. The number of hydrogen-bond acceptors (Lipinski definition) is 4. The van der Waals surface area contributed by atoms with Crippen LogP contribution in [0.4, 0.5) is 0 Å². The lowest BCUT2D eigenvalue weighted by Gasteiger charge is -2.13. The van der Waals surface area contributed by atoms with Crippen molar-refractivity contribution in [2.75, 3.05) is 13.7 Å². The normalized spacial score (nSPS) is 12.1. The number of methoxy groups -OCH3 is 1. The minimum absolute atomic E-state index is 0.320. The predicted molar refractivity (Wildman–Crippen MR) is 113 cm³/mol. The quantitative estimate of drug-likeness (QED) is 0.323. The maximum atomic E-state index is 12.4. The molecule has 2 rings (SSSR count). The topological polar surface area (TPSA) is 59.9 Å². The fourth-order valence-corrected chi connectivity index (χ4v) is 2.85. The van der Waals surface area contributed by atoms with Crippen molar-refractivity contribution in [2.45, 2.75) is 45.1 Å². The molecule has 2 aromatic rings. The average Bonchev–Trinajstić information content (AvgIpc) is 2.73. The first-order valence-electron chi connectivity index (χ1n) is 9.88. The molecule has 28 heavy (non-hydrogen) atoms. The van der Waals surface area contributed by atoms with Gasteiger partial charge in [0.2, 0.25) is 0 Å². The van der Waals surface area contributed by atoms with Gasteiger partial charge < -0.3 is 9.47 Å². The van der Waals surface area contributed by atoms with E-state index in [2.05, 4.69) is 17.5 Å². The number of benzene rings is 2. The maximum absolute atomic E-state index is 12.4. The third kappa shape index (κ3) is 7.16. The first kappa shape index (κ1) is 21.6. The molecule has 0 saturated carbocycles. The molecule has 1 amide bonds. The number of ether oxygens (including phenoxy) is 2. The van der Waals surface area contributed by atoms with Gasteiger partial charge in [-0.25, -0.2) is 5.43 Å². The van der Waals surface area contributed by atoms with E-state index in [1.807, 2.05) is 54.6 Å². The molecule has 0 fully saturated rings. The van der Waals surface area contributed by atoms with Crippen molar-refractivity contribution in [1.82, 2.24) is 5.43 Å². The number of rotatable bonds is 12. The van der Waals surface area contributed by atoms with Crippen molar-refractivity contribution >= 4 is 12.1 Å². The summed E-state index contributed by atoms with van der Waals surface area (Å²) in [7, 11) is 1.50. The molecular formula is C23H30N2O3. The highest BCUT2D eigenvalue weighted by molar-refractivity contribution is 5.86. The molecule has 0 bridgehead atoms. The summed E-state index contributed by atoms with van der Waals surface area (Å²) in [6, 6.07) is 17.0. The zero-order valence-corrected chi connectivity index (χ0v) is 16.8. The Kier molecular flexibility index (Phi) is 9.80. The van der Waals surface area contributed by atoms with Crippen LogP contribution in [0.25, 0.3) is 0 Å². The van der Waals surface area contributed by atoms with E-state index in [1.54, 1.807) is 6.21 Å². The van der Waals surface area contributed by atoms with Crippen LogP contribution >= 0.6 is 0 Å². The Morgan fingerprint density at radius 1 is 1.04 bits per heavy atom. The highest BCUT2D eigenvalue weighted by Crippen LogP contribution is 2.18. The smallest absolute Gasteiger partial charge is 0.273 e. The van der Waals surface area contributed by atoms with Gasteiger partial charge in [0.05, 0.1) is 12.8 Å². The van der Waals surface area contributed by atoms with Gasteiger partial charge in [-0.3, -0.25) is 4.79 Å². The summed E-state index contributed by atoms with van der Waals surface area (Å²) in [6.45, 7) is 2.89. The monoisotopic (exact) mass is 382 g/mol. The fourth-order valence-electron chi connectivity index (χ4n) is 2.85. The molecule has 150 valence electrons. The molecule has 0 radical (unpaired) electrons. The van der Waals surface area contributed by atoms with E-state index in [4.69, 9.17) is 9.47 Å².